The Morgan fingerprint density at radius 2 is 1.96 bits per heavy atom. The average molecular weight is 329 g/mol. The van der Waals surface area contributed by atoms with Crippen LogP contribution in [0.15, 0.2) is 41.0 Å². The fourth-order valence-corrected chi connectivity index (χ4v) is 2.89. The summed E-state index contributed by atoms with van der Waals surface area (Å²) in [6.07, 6.45) is 2.43. The highest BCUT2D eigenvalue weighted by molar-refractivity contribution is 5.74. The van der Waals surface area contributed by atoms with Gasteiger partial charge in [0.15, 0.2) is 0 Å². The lowest BCUT2D eigenvalue weighted by molar-refractivity contribution is -0.0544. The average Bonchev–Trinajstić information content (AvgIpc) is 3.03. The molecule has 0 spiro atoms. The van der Waals surface area contributed by atoms with Gasteiger partial charge in [0, 0.05) is 31.6 Å². The number of urea groups is 1. The maximum absolute atomic E-state index is 12.2. The van der Waals surface area contributed by atoms with Gasteiger partial charge >= 0.3 is 6.03 Å². The van der Waals surface area contributed by atoms with E-state index in [0.717, 1.165) is 11.3 Å². The van der Waals surface area contributed by atoms with Crippen molar-refractivity contribution in [1.29, 1.82) is 0 Å². The van der Waals surface area contributed by atoms with Crippen molar-refractivity contribution in [2.24, 2.45) is 0 Å². The molecule has 3 rings (SSSR count). The monoisotopic (exact) mass is 329 g/mol. The second kappa shape index (κ2) is 7.49. The summed E-state index contributed by atoms with van der Waals surface area (Å²) >= 11 is 0. The molecule has 128 valence electrons. The van der Waals surface area contributed by atoms with Gasteiger partial charge in [-0.05, 0) is 26.0 Å². The third-order valence-corrected chi connectivity index (χ3v) is 3.94. The lowest BCUT2D eigenvalue weighted by atomic mass is 10.2. The van der Waals surface area contributed by atoms with Gasteiger partial charge in [0.2, 0.25) is 5.89 Å². The lowest BCUT2D eigenvalue weighted by Crippen LogP contribution is -2.51. The molecule has 2 atom stereocenters. The van der Waals surface area contributed by atoms with Crippen molar-refractivity contribution in [3.05, 3.63) is 42.3 Å². The van der Waals surface area contributed by atoms with Crippen molar-refractivity contribution in [2.45, 2.75) is 32.5 Å². The molecule has 0 unspecified atom stereocenters. The van der Waals surface area contributed by atoms with Crippen LogP contribution in [0.5, 0.6) is 0 Å². The molecule has 1 fully saturated rings. The smallest absolute Gasteiger partial charge is 0.317 e. The Morgan fingerprint density at radius 3 is 2.67 bits per heavy atom. The first-order valence-corrected chi connectivity index (χ1v) is 8.30. The summed E-state index contributed by atoms with van der Waals surface area (Å²) in [5, 5.41) is 2.94. The largest absolute Gasteiger partial charge is 0.444 e. The van der Waals surface area contributed by atoms with Gasteiger partial charge < -0.3 is 19.4 Å². The second-order valence-corrected chi connectivity index (χ2v) is 6.15. The van der Waals surface area contributed by atoms with Gasteiger partial charge in [0.1, 0.15) is 6.26 Å². The van der Waals surface area contributed by atoms with Crippen molar-refractivity contribution in [3.63, 3.8) is 0 Å². The van der Waals surface area contributed by atoms with Crippen LogP contribution >= 0.6 is 0 Å². The number of ether oxygens (including phenoxy) is 1. The minimum atomic E-state index is -0.0521. The molecule has 2 amide bonds. The Kier molecular flexibility index (Phi) is 5.15. The maximum atomic E-state index is 12.2. The van der Waals surface area contributed by atoms with Gasteiger partial charge in [-0.2, -0.15) is 0 Å². The van der Waals surface area contributed by atoms with Crippen LogP contribution in [0.4, 0.5) is 4.79 Å². The van der Waals surface area contributed by atoms with Crippen molar-refractivity contribution in [1.82, 2.24) is 15.2 Å². The molecule has 0 bridgehead atoms. The SMILES string of the molecule is C[C@@H]1CN(C(=O)NCCc2coc(-c3ccccc3)n2)C[C@@H](C)O1. The minimum Gasteiger partial charge on any atom is -0.444 e. The number of benzene rings is 1. The molecule has 1 saturated heterocycles. The van der Waals surface area contributed by atoms with Gasteiger partial charge in [-0.25, -0.2) is 9.78 Å². The molecular formula is C18H23N3O3. The number of amides is 2. The van der Waals surface area contributed by atoms with Crippen LogP contribution < -0.4 is 5.32 Å². The normalized spacial score (nSPS) is 20.8. The molecule has 6 heteroatoms. The number of hydrogen-bond donors (Lipinski definition) is 1. The van der Waals surface area contributed by atoms with Crippen molar-refractivity contribution in [3.8, 4) is 11.5 Å². The summed E-state index contributed by atoms with van der Waals surface area (Å²) in [5.41, 5.74) is 1.78. The molecule has 0 aliphatic carbocycles. The highest BCUT2D eigenvalue weighted by Crippen LogP contribution is 2.18. The topological polar surface area (TPSA) is 67.6 Å². The van der Waals surface area contributed by atoms with E-state index in [1.807, 2.05) is 44.2 Å². The summed E-state index contributed by atoms with van der Waals surface area (Å²) in [5.74, 6) is 0.604. The summed E-state index contributed by atoms with van der Waals surface area (Å²) in [7, 11) is 0. The Morgan fingerprint density at radius 1 is 1.25 bits per heavy atom. The summed E-state index contributed by atoms with van der Waals surface area (Å²) in [4.78, 5) is 18.5. The summed E-state index contributed by atoms with van der Waals surface area (Å²) < 4.78 is 11.1. The zero-order chi connectivity index (χ0) is 16.9. The van der Waals surface area contributed by atoms with Crippen LogP contribution in [0.2, 0.25) is 0 Å². The molecule has 2 heterocycles. The quantitative estimate of drug-likeness (QED) is 0.936. The van der Waals surface area contributed by atoms with Crippen molar-refractivity contribution >= 4 is 6.03 Å². The van der Waals surface area contributed by atoms with Crippen LogP contribution in [-0.4, -0.2) is 47.8 Å². The molecule has 24 heavy (non-hydrogen) atoms. The van der Waals surface area contributed by atoms with E-state index in [9.17, 15) is 4.79 Å². The second-order valence-electron chi connectivity index (χ2n) is 6.15. The number of nitrogens with one attached hydrogen (secondary N) is 1. The third-order valence-electron chi connectivity index (χ3n) is 3.94. The number of carbonyl (C=O) groups excluding carboxylic acids is 1. The number of hydrogen-bond acceptors (Lipinski definition) is 4. The molecule has 1 aromatic heterocycles. The van der Waals surface area contributed by atoms with E-state index in [1.165, 1.54) is 0 Å². The summed E-state index contributed by atoms with van der Waals surface area (Å²) in [6.45, 7) is 5.74. The van der Waals surface area contributed by atoms with Crippen molar-refractivity contribution in [2.75, 3.05) is 19.6 Å². The fourth-order valence-electron chi connectivity index (χ4n) is 2.89. The van der Waals surface area contributed by atoms with E-state index in [4.69, 9.17) is 9.15 Å². The zero-order valence-corrected chi connectivity index (χ0v) is 14.1. The number of nitrogens with zero attached hydrogens (tertiary/aromatic N) is 2. The van der Waals surface area contributed by atoms with Gasteiger partial charge in [0.05, 0.1) is 17.9 Å². The Labute approximate surface area is 141 Å². The van der Waals surface area contributed by atoms with Gasteiger partial charge in [-0.1, -0.05) is 18.2 Å². The van der Waals surface area contributed by atoms with Gasteiger partial charge in [-0.15, -0.1) is 0 Å². The lowest BCUT2D eigenvalue weighted by Gasteiger charge is -2.35. The molecule has 0 radical (unpaired) electrons. The maximum Gasteiger partial charge on any atom is 0.317 e. The van der Waals surface area contributed by atoms with Gasteiger partial charge in [0.25, 0.3) is 0 Å². The van der Waals surface area contributed by atoms with Crippen molar-refractivity contribution < 1.29 is 13.9 Å². The van der Waals surface area contributed by atoms with E-state index in [2.05, 4.69) is 10.3 Å². The summed E-state index contributed by atoms with van der Waals surface area (Å²) in [6, 6.07) is 9.71. The molecular weight excluding hydrogens is 306 g/mol. The van der Waals surface area contributed by atoms with E-state index >= 15 is 0 Å². The number of oxazole rings is 1. The van der Waals surface area contributed by atoms with E-state index in [0.29, 0.717) is 31.9 Å². The molecule has 6 nitrogen and oxygen atoms in total. The van der Waals surface area contributed by atoms with E-state index in [1.54, 1.807) is 11.2 Å². The third kappa shape index (κ3) is 4.14. The Balaban J connectivity index is 1.48. The number of aromatic nitrogens is 1. The Hall–Kier alpha value is -2.34. The highest BCUT2D eigenvalue weighted by atomic mass is 16.5. The van der Waals surface area contributed by atoms with E-state index in [-0.39, 0.29) is 18.2 Å². The highest BCUT2D eigenvalue weighted by Gasteiger charge is 2.25. The first-order chi connectivity index (χ1) is 11.6. The predicted octanol–water partition coefficient (Wildman–Crippen LogP) is 2.70. The molecule has 1 aliphatic heterocycles. The molecule has 1 aromatic carbocycles. The Bertz CT molecular complexity index is 661. The van der Waals surface area contributed by atoms with E-state index < -0.39 is 0 Å². The first kappa shape index (κ1) is 16.5. The van der Waals surface area contributed by atoms with Crippen LogP contribution in [0.1, 0.15) is 19.5 Å². The van der Waals surface area contributed by atoms with Crippen LogP contribution in [0.25, 0.3) is 11.5 Å². The number of rotatable bonds is 4. The minimum absolute atomic E-state index is 0.0521. The number of carbonyl (C=O) groups is 1. The van der Waals surface area contributed by atoms with Crippen LogP contribution in [0.3, 0.4) is 0 Å². The fraction of sp³-hybridized carbons (Fsp3) is 0.444. The molecule has 2 aromatic rings. The first-order valence-electron chi connectivity index (χ1n) is 8.30. The molecule has 0 saturated carbocycles. The zero-order valence-electron chi connectivity index (χ0n) is 14.1. The molecule has 1 aliphatic rings. The van der Waals surface area contributed by atoms with Gasteiger partial charge in [-0.3, -0.25) is 0 Å². The van der Waals surface area contributed by atoms with Crippen LogP contribution in [-0.2, 0) is 11.2 Å². The molecule has 1 N–H and O–H groups in total. The van der Waals surface area contributed by atoms with Crippen LogP contribution in [0, 0.1) is 0 Å². The number of morpholine rings is 1. The standard InChI is InChI=1S/C18H23N3O3/c1-13-10-21(11-14(2)24-13)18(22)19-9-8-16-12-23-17(20-16)15-6-4-3-5-7-15/h3-7,12-14H,8-11H2,1-2H3,(H,19,22)/t13-,14-/m1/s1. The predicted molar refractivity (Wildman–Crippen MR) is 90.6 cm³/mol.